The van der Waals surface area contributed by atoms with E-state index in [0.717, 1.165) is 22.2 Å². The molecule has 16 heavy (non-hydrogen) atoms. The number of fused-ring (bicyclic) bond motifs is 1. The number of rotatable bonds is 2. The number of aromatic nitrogens is 1. The summed E-state index contributed by atoms with van der Waals surface area (Å²) in [5.74, 6) is 0.391. The molecule has 0 aliphatic heterocycles. The lowest BCUT2D eigenvalue weighted by Gasteiger charge is -2.09. The highest BCUT2D eigenvalue weighted by molar-refractivity contribution is 5.82. The number of nitriles is 1. The van der Waals surface area contributed by atoms with E-state index >= 15 is 0 Å². The maximum Gasteiger partial charge on any atom is 0.0708 e. The van der Waals surface area contributed by atoms with Crippen LogP contribution in [0, 0.1) is 11.3 Å². The predicted molar refractivity (Wildman–Crippen MR) is 65.1 cm³/mol. The monoisotopic (exact) mass is 210 g/mol. The number of para-hydroxylation sites is 1. The molecule has 0 spiro atoms. The van der Waals surface area contributed by atoms with Crippen molar-refractivity contribution in [2.24, 2.45) is 0 Å². The van der Waals surface area contributed by atoms with Crippen LogP contribution < -0.4 is 0 Å². The molecule has 0 atom stereocenters. The summed E-state index contributed by atoms with van der Waals surface area (Å²) < 4.78 is 0. The van der Waals surface area contributed by atoms with E-state index in [9.17, 15) is 0 Å². The minimum Gasteiger partial charge on any atom is -0.253 e. The van der Waals surface area contributed by atoms with Gasteiger partial charge in [0.05, 0.1) is 18.0 Å². The summed E-state index contributed by atoms with van der Waals surface area (Å²) in [5.41, 5.74) is 3.12. The summed E-state index contributed by atoms with van der Waals surface area (Å²) in [7, 11) is 0. The van der Waals surface area contributed by atoms with E-state index in [2.05, 4.69) is 31.0 Å². The maximum atomic E-state index is 8.84. The zero-order chi connectivity index (χ0) is 11.5. The van der Waals surface area contributed by atoms with Crippen LogP contribution in [0.5, 0.6) is 0 Å². The molecule has 80 valence electrons. The van der Waals surface area contributed by atoms with Gasteiger partial charge >= 0.3 is 0 Å². The largest absolute Gasteiger partial charge is 0.253 e. The summed E-state index contributed by atoms with van der Waals surface area (Å²) >= 11 is 0. The zero-order valence-corrected chi connectivity index (χ0v) is 9.57. The van der Waals surface area contributed by atoms with Gasteiger partial charge in [-0.05, 0) is 23.6 Å². The molecule has 0 N–H and O–H groups in total. The van der Waals surface area contributed by atoms with Gasteiger partial charge in [-0.2, -0.15) is 5.26 Å². The lowest BCUT2D eigenvalue weighted by atomic mass is 10.0. The summed E-state index contributed by atoms with van der Waals surface area (Å²) in [6, 6.07) is 12.3. The van der Waals surface area contributed by atoms with E-state index in [-0.39, 0.29) is 0 Å². The summed E-state index contributed by atoms with van der Waals surface area (Å²) in [6.07, 6.45) is 0.447. The van der Waals surface area contributed by atoms with E-state index in [1.807, 2.05) is 24.3 Å². The van der Waals surface area contributed by atoms with Crippen molar-refractivity contribution in [2.45, 2.75) is 26.2 Å². The number of nitrogens with zero attached hydrogens (tertiary/aromatic N) is 2. The lowest BCUT2D eigenvalue weighted by Crippen LogP contribution is -1.97. The van der Waals surface area contributed by atoms with Crippen LogP contribution in [0.4, 0.5) is 0 Å². The highest BCUT2D eigenvalue weighted by atomic mass is 14.7. The van der Waals surface area contributed by atoms with Crippen LogP contribution in [0.2, 0.25) is 0 Å². The smallest absolute Gasteiger partial charge is 0.0708 e. The number of hydrogen-bond donors (Lipinski definition) is 0. The fraction of sp³-hybridized carbons (Fsp3) is 0.286. The van der Waals surface area contributed by atoms with Crippen molar-refractivity contribution in [1.82, 2.24) is 4.98 Å². The third kappa shape index (κ3) is 1.90. The van der Waals surface area contributed by atoms with E-state index in [0.29, 0.717) is 12.3 Å². The summed E-state index contributed by atoms with van der Waals surface area (Å²) in [6.45, 7) is 4.24. The average molecular weight is 210 g/mol. The van der Waals surface area contributed by atoms with Gasteiger partial charge in [-0.15, -0.1) is 0 Å². The Labute approximate surface area is 95.6 Å². The van der Waals surface area contributed by atoms with Crippen molar-refractivity contribution in [1.29, 1.82) is 5.26 Å². The maximum absolute atomic E-state index is 8.84. The van der Waals surface area contributed by atoms with Crippen molar-refractivity contribution in [3.05, 3.63) is 41.6 Å². The van der Waals surface area contributed by atoms with Crippen LogP contribution in [0.3, 0.4) is 0 Å². The molecule has 0 aliphatic rings. The second kappa shape index (κ2) is 4.32. The van der Waals surface area contributed by atoms with Gasteiger partial charge in [0.25, 0.3) is 0 Å². The molecule has 1 aromatic carbocycles. The number of pyridine rings is 1. The van der Waals surface area contributed by atoms with E-state index < -0.39 is 0 Å². The highest BCUT2D eigenvalue weighted by Crippen LogP contribution is 2.22. The molecule has 2 heteroatoms. The minimum absolute atomic E-state index is 0.391. The molecule has 2 nitrogen and oxygen atoms in total. The Bertz CT molecular complexity index is 550. The van der Waals surface area contributed by atoms with Crippen molar-refractivity contribution < 1.29 is 0 Å². The van der Waals surface area contributed by atoms with Crippen molar-refractivity contribution in [3.63, 3.8) is 0 Å². The van der Waals surface area contributed by atoms with Crippen LogP contribution >= 0.6 is 0 Å². The van der Waals surface area contributed by atoms with Crippen molar-refractivity contribution in [2.75, 3.05) is 0 Å². The molecular formula is C14H14N2. The van der Waals surface area contributed by atoms with Gasteiger partial charge in [-0.1, -0.05) is 32.0 Å². The molecule has 0 saturated carbocycles. The fourth-order valence-electron chi connectivity index (χ4n) is 1.80. The van der Waals surface area contributed by atoms with Crippen LogP contribution in [0.15, 0.2) is 30.3 Å². The normalized spacial score (nSPS) is 10.6. The second-order valence-corrected chi connectivity index (χ2v) is 4.21. The average Bonchev–Trinajstić information content (AvgIpc) is 2.29. The Morgan fingerprint density at radius 2 is 2.06 bits per heavy atom. The third-order valence-corrected chi connectivity index (χ3v) is 2.68. The van der Waals surface area contributed by atoms with Crippen LogP contribution in [0.25, 0.3) is 10.9 Å². The van der Waals surface area contributed by atoms with Gasteiger partial charge < -0.3 is 0 Å². The molecular weight excluding hydrogens is 196 g/mol. The first kappa shape index (κ1) is 10.6. The molecule has 2 aromatic rings. The van der Waals surface area contributed by atoms with Crippen LogP contribution in [-0.4, -0.2) is 4.98 Å². The van der Waals surface area contributed by atoms with Gasteiger partial charge in [0.1, 0.15) is 0 Å². The molecule has 0 unspecified atom stereocenters. The Morgan fingerprint density at radius 3 is 2.75 bits per heavy atom. The molecule has 0 bridgehead atoms. The van der Waals surface area contributed by atoms with Gasteiger partial charge in [-0.3, -0.25) is 4.98 Å². The fourth-order valence-corrected chi connectivity index (χ4v) is 1.80. The zero-order valence-electron chi connectivity index (χ0n) is 9.57. The first-order chi connectivity index (χ1) is 7.72. The van der Waals surface area contributed by atoms with Crippen molar-refractivity contribution in [3.8, 4) is 6.07 Å². The molecule has 0 aliphatic carbocycles. The van der Waals surface area contributed by atoms with Crippen molar-refractivity contribution >= 4 is 10.9 Å². The van der Waals surface area contributed by atoms with Crippen LogP contribution in [0.1, 0.15) is 31.0 Å². The van der Waals surface area contributed by atoms with Gasteiger partial charge in [0.2, 0.25) is 0 Å². The number of hydrogen-bond acceptors (Lipinski definition) is 2. The third-order valence-electron chi connectivity index (χ3n) is 2.68. The summed E-state index contributed by atoms with van der Waals surface area (Å²) in [5, 5.41) is 9.93. The van der Waals surface area contributed by atoms with E-state index in [1.165, 1.54) is 0 Å². The first-order valence-corrected chi connectivity index (χ1v) is 5.48. The molecule has 2 rings (SSSR count). The summed E-state index contributed by atoms with van der Waals surface area (Å²) in [4.78, 5) is 4.61. The SMILES string of the molecule is CC(C)c1cc(CC#N)c2ccccc2n1. The Balaban J connectivity index is 2.69. The van der Waals surface area contributed by atoms with E-state index in [1.54, 1.807) is 0 Å². The predicted octanol–water partition coefficient (Wildman–Crippen LogP) is 3.42. The second-order valence-electron chi connectivity index (χ2n) is 4.21. The quantitative estimate of drug-likeness (QED) is 0.761. The Hall–Kier alpha value is -1.88. The Morgan fingerprint density at radius 1 is 1.31 bits per heavy atom. The molecule has 1 heterocycles. The Kier molecular flexibility index (Phi) is 2.87. The minimum atomic E-state index is 0.391. The van der Waals surface area contributed by atoms with Crippen LogP contribution in [-0.2, 0) is 6.42 Å². The molecule has 0 saturated heterocycles. The highest BCUT2D eigenvalue weighted by Gasteiger charge is 2.07. The number of benzene rings is 1. The molecule has 0 fully saturated rings. The first-order valence-electron chi connectivity index (χ1n) is 5.48. The standard InChI is InChI=1S/C14H14N2/c1-10(2)14-9-11(7-8-15)12-5-3-4-6-13(12)16-14/h3-6,9-10H,7H2,1-2H3. The van der Waals surface area contributed by atoms with Gasteiger partial charge in [-0.25, -0.2) is 0 Å². The topological polar surface area (TPSA) is 36.7 Å². The molecule has 1 aromatic heterocycles. The molecule has 0 radical (unpaired) electrons. The molecule has 0 amide bonds. The van der Waals surface area contributed by atoms with E-state index in [4.69, 9.17) is 5.26 Å². The van der Waals surface area contributed by atoms with Gasteiger partial charge in [0.15, 0.2) is 0 Å². The van der Waals surface area contributed by atoms with Gasteiger partial charge in [0, 0.05) is 11.1 Å². The lowest BCUT2D eigenvalue weighted by molar-refractivity contribution is 0.827.